The number of aryl methyl sites for hydroxylation is 1. The first-order valence-corrected chi connectivity index (χ1v) is 7.75. The van der Waals surface area contributed by atoms with Crippen molar-refractivity contribution in [2.75, 3.05) is 39.3 Å². The van der Waals surface area contributed by atoms with Crippen LogP contribution in [0.5, 0.6) is 0 Å². The van der Waals surface area contributed by atoms with E-state index in [1.165, 1.54) is 11.3 Å². The van der Waals surface area contributed by atoms with Crippen LogP contribution in [-0.4, -0.2) is 60.1 Å². The number of hydrogen-bond donors (Lipinski definition) is 1. The van der Waals surface area contributed by atoms with Crippen molar-refractivity contribution in [1.82, 2.24) is 9.80 Å². The Morgan fingerprint density at radius 3 is 2.84 bits per heavy atom. The summed E-state index contributed by atoms with van der Waals surface area (Å²) >= 11 is 7.58. The van der Waals surface area contributed by atoms with Crippen LogP contribution in [0.2, 0.25) is 5.02 Å². The molecule has 1 aromatic rings. The normalized spacial score (nSPS) is 17.5. The molecule has 1 aromatic heterocycles. The topological polar surface area (TPSA) is 43.8 Å². The average molecular weight is 303 g/mol. The molecule has 1 fully saturated rings. The van der Waals surface area contributed by atoms with Gasteiger partial charge in [-0.15, -0.1) is 11.3 Å². The number of aliphatic hydroxyl groups excluding tert-OH is 1. The number of β-amino-alcohol motifs (C(OH)–C–C–N with tert-alkyl or cyclic N) is 1. The van der Waals surface area contributed by atoms with Crippen LogP contribution in [0, 0.1) is 6.92 Å². The molecule has 1 aliphatic rings. The summed E-state index contributed by atoms with van der Waals surface area (Å²) in [6.45, 7) is 5.97. The number of nitrogens with zero attached hydrogens (tertiary/aromatic N) is 2. The summed E-state index contributed by atoms with van der Waals surface area (Å²) in [6.07, 6.45) is 0.938. The van der Waals surface area contributed by atoms with E-state index < -0.39 is 0 Å². The zero-order valence-electron chi connectivity index (χ0n) is 11.1. The van der Waals surface area contributed by atoms with Gasteiger partial charge in [-0.25, -0.2) is 0 Å². The fourth-order valence-electron chi connectivity index (χ4n) is 2.26. The van der Waals surface area contributed by atoms with Gasteiger partial charge < -0.3 is 10.0 Å². The summed E-state index contributed by atoms with van der Waals surface area (Å²) in [5.41, 5.74) is 0.965. The summed E-state index contributed by atoms with van der Waals surface area (Å²) in [5.74, 6) is 0.0361. The van der Waals surface area contributed by atoms with Crippen molar-refractivity contribution in [2.45, 2.75) is 13.3 Å². The second-order valence-corrected chi connectivity index (χ2v) is 6.03. The van der Waals surface area contributed by atoms with Crippen LogP contribution in [-0.2, 0) is 0 Å². The molecule has 0 atom stereocenters. The van der Waals surface area contributed by atoms with Gasteiger partial charge >= 0.3 is 0 Å². The molecule has 6 heteroatoms. The van der Waals surface area contributed by atoms with Crippen molar-refractivity contribution in [2.24, 2.45) is 0 Å². The third kappa shape index (κ3) is 3.48. The lowest BCUT2D eigenvalue weighted by molar-refractivity contribution is 0.0765. The molecule has 1 amide bonds. The maximum absolute atomic E-state index is 12.4. The number of carbonyl (C=O) groups excluding carboxylic acids is 1. The van der Waals surface area contributed by atoms with Crippen molar-refractivity contribution in [3.05, 3.63) is 20.8 Å². The lowest BCUT2D eigenvalue weighted by atomic mass is 10.3. The molecule has 0 radical (unpaired) electrons. The maximum atomic E-state index is 12.4. The number of amides is 1. The second kappa shape index (κ2) is 6.70. The van der Waals surface area contributed by atoms with Crippen LogP contribution in [0.3, 0.4) is 0 Å². The fraction of sp³-hybridized carbons (Fsp3) is 0.615. The Morgan fingerprint density at radius 2 is 2.21 bits per heavy atom. The molecule has 0 aliphatic carbocycles. The second-order valence-electron chi connectivity index (χ2n) is 4.77. The number of carbonyl (C=O) groups is 1. The first-order valence-electron chi connectivity index (χ1n) is 6.49. The van der Waals surface area contributed by atoms with E-state index in [1.807, 2.05) is 17.2 Å². The molecule has 1 N–H and O–H groups in total. The van der Waals surface area contributed by atoms with Crippen LogP contribution in [0.15, 0.2) is 5.38 Å². The molecular formula is C13H19ClN2O2S. The summed E-state index contributed by atoms with van der Waals surface area (Å²) in [5, 5.41) is 11.5. The quantitative estimate of drug-likeness (QED) is 0.927. The average Bonchev–Trinajstić information content (AvgIpc) is 2.62. The summed E-state index contributed by atoms with van der Waals surface area (Å²) < 4.78 is 0. The minimum absolute atomic E-state index is 0.0361. The van der Waals surface area contributed by atoms with Crippen molar-refractivity contribution in [3.8, 4) is 0 Å². The Morgan fingerprint density at radius 1 is 1.42 bits per heavy atom. The Balaban J connectivity index is 2.02. The standard InChI is InChI=1S/C13H19ClN2O2S/c1-10-9-19-12(11(10)14)13(18)16-4-2-3-15(5-6-16)7-8-17/h9,17H,2-8H2,1H3. The number of thiophene rings is 1. The van der Waals surface area contributed by atoms with Gasteiger partial charge in [0.25, 0.3) is 5.91 Å². The number of halogens is 1. The van der Waals surface area contributed by atoms with Gasteiger partial charge in [0.05, 0.1) is 11.6 Å². The van der Waals surface area contributed by atoms with Gasteiger partial charge in [0.15, 0.2) is 0 Å². The maximum Gasteiger partial charge on any atom is 0.265 e. The molecular weight excluding hydrogens is 284 g/mol. The van der Waals surface area contributed by atoms with Gasteiger partial charge in [0.1, 0.15) is 4.88 Å². The van der Waals surface area contributed by atoms with Crippen molar-refractivity contribution in [3.63, 3.8) is 0 Å². The van der Waals surface area contributed by atoms with E-state index in [0.29, 0.717) is 23.0 Å². The largest absolute Gasteiger partial charge is 0.395 e. The van der Waals surface area contributed by atoms with Crippen LogP contribution in [0.1, 0.15) is 21.7 Å². The van der Waals surface area contributed by atoms with Gasteiger partial charge in [0, 0.05) is 26.2 Å². The molecule has 0 spiro atoms. The predicted octanol–water partition coefficient (Wildman–Crippen LogP) is 1.85. The third-order valence-corrected chi connectivity index (χ3v) is 5.07. The molecule has 0 saturated carbocycles. The van der Waals surface area contributed by atoms with Gasteiger partial charge in [-0.1, -0.05) is 11.6 Å². The molecule has 19 heavy (non-hydrogen) atoms. The highest BCUT2D eigenvalue weighted by molar-refractivity contribution is 7.13. The molecule has 0 aromatic carbocycles. The first kappa shape index (κ1) is 14.8. The van der Waals surface area contributed by atoms with E-state index in [1.54, 1.807) is 0 Å². The smallest absolute Gasteiger partial charge is 0.265 e. The van der Waals surface area contributed by atoms with Crippen molar-refractivity contribution >= 4 is 28.8 Å². The van der Waals surface area contributed by atoms with Crippen LogP contribution in [0.4, 0.5) is 0 Å². The van der Waals surface area contributed by atoms with E-state index in [2.05, 4.69) is 4.90 Å². The lowest BCUT2D eigenvalue weighted by Gasteiger charge is -2.21. The Labute approximate surface area is 122 Å². The van der Waals surface area contributed by atoms with Crippen LogP contribution in [0.25, 0.3) is 0 Å². The minimum Gasteiger partial charge on any atom is -0.395 e. The summed E-state index contributed by atoms with van der Waals surface area (Å²) in [4.78, 5) is 17.1. The van der Waals surface area contributed by atoms with E-state index >= 15 is 0 Å². The van der Waals surface area contributed by atoms with E-state index in [-0.39, 0.29) is 12.5 Å². The molecule has 1 aliphatic heterocycles. The molecule has 2 rings (SSSR count). The number of aliphatic hydroxyl groups is 1. The van der Waals surface area contributed by atoms with Crippen LogP contribution < -0.4 is 0 Å². The Hall–Kier alpha value is -0.620. The van der Waals surface area contributed by atoms with Crippen molar-refractivity contribution in [1.29, 1.82) is 0 Å². The highest BCUT2D eigenvalue weighted by Gasteiger charge is 2.23. The number of hydrogen-bond acceptors (Lipinski definition) is 4. The van der Waals surface area contributed by atoms with E-state index in [0.717, 1.165) is 31.6 Å². The van der Waals surface area contributed by atoms with E-state index in [9.17, 15) is 4.79 Å². The Kier molecular flexibility index (Phi) is 5.21. The number of rotatable bonds is 3. The zero-order valence-corrected chi connectivity index (χ0v) is 12.6. The zero-order chi connectivity index (χ0) is 13.8. The molecule has 106 valence electrons. The van der Waals surface area contributed by atoms with Gasteiger partial charge in [-0.05, 0) is 30.8 Å². The molecule has 0 bridgehead atoms. The SMILES string of the molecule is Cc1csc(C(=O)N2CCCN(CCO)CC2)c1Cl. The highest BCUT2D eigenvalue weighted by Crippen LogP contribution is 2.28. The molecule has 1 saturated heterocycles. The van der Waals surface area contributed by atoms with Gasteiger partial charge in [-0.2, -0.15) is 0 Å². The highest BCUT2D eigenvalue weighted by atomic mass is 35.5. The van der Waals surface area contributed by atoms with Crippen molar-refractivity contribution < 1.29 is 9.90 Å². The Bertz CT molecular complexity index is 450. The van der Waals surface area contributed by atoms with Gasteiger partial charge in [-0.3, -0.25) is 9.69 Å². The first-order chi connectivity index (χ1) is 9.13. The monoisotopic (exact) mass is 302 g/mol. The third-order valence-electron chi connectivity index (χ3n) is 3.39. The van der Waals surface area contributed by atoms with E-state index in [4.69, 9.17) is 16.7 Å². The van der Waals surface area contributed by atoms with Crippen LogP contribution >= 0.6 is 22.9 Å². The predicted molar refractivity (Wildman–Crippen MR) is 78.1 cm³/mol. The van der Waals surface area contributed by atoms with Gasteiger partial charge in [0.2, 0.25) is 0 Å². The fourth-order valence-corrected chi connectivity index (χ4v) is 3.50. The molecule has 0 unspecified atom stereocenters. The lowest BCUT2D eigenvalue weighted by Crippen LogP contribution is -2.35. The summed E-state index contributed by atoms with van der Waals surface area (Å²) in [7, 11) is 0. The minimum atomic E-state index is 0.0361. The molecule has 2 heterocycles. The summed E-state index contributed by atoms with van der Waals surface area (Å²) in [6, 6.07) is 0. The molecule has 4 nitrogen and oxygen atoms in total.